The Balaban J connectivity index is 1.83. The molecule has 0 bridgehead atoms. The van der Waals surface area contributed by atoms with Crippen LogP contribution >= 0.6 is 0 Å². The average Bonchev–Trinajstić information content (AvgIpc) is 2.88. The van der Waals surface area contributed by atoms with Crippen LogP contribution in [-0.4, -0.2) is 15.9 Å². The van der Waals surface area contributed by atoms with Crippen LogP contribution in [0.4, 0.5) is 4.39 Å². The lowest BCUT2D eigenvalue weighted by molar-refractivity contribution is 0.102. The van der Waals surface area contributed by atoms with Crippen LogP contribution in [0.5, 0.6) is 5.75 Å². The van der Waals surface area contributed by atoms with E-state index in [1.165, 1.54) is 12.1 Å². The summed E-state index contributed by atoms with van der Waals surface area (Å²) in [5, 5.41) is 10.2. The van der Waals surface area contributed by atoms with Crippen LogP contribution in [0, 0.1) is 5.82 Å². The Hall–Kier alpha value is -2.88. The smallest absolute Gasteiger partial charge is 0.191 e. The molecule has 1 heterocycles. The molecule has 0 saturated carbocycles. The topological polar surface area (TPSA) is 53.1 Å². The van der Waals surface area contributed by atoms with E-state index in [-0.39, 0.29) is 17.3 Å². The van der Waals surface area contributed by atoms with Gasteiger partial charge in [0.1, 0.15) is 11.6 Å². The lowest BCUT2D eigenvalue weighted by atomic mass is 9.88. The highest BCUT2D eigenvalue weighted by atomic mass is 19.1. The van der Waals surface area contributed by atoms with Crippen molar-refractivity contribution in [1.82, 2.24) is 4.98 Å². The third-order valence-electron chi connectivity index (χ3n) is 4.21. The van der Waals surface area contributed by atoms with Crippen LogP contribution in [-0.2, 0) is 6.42 Å². The minimum atomic E-state index is -0.351. The molecule has 4 rings (SSSR count). The number of benzene rings is 2. The number of carbonyl (C=O) groups excluding carboxylic acids is 1. The molecule has 0 fully saturated rings. The Morgan fingerprint density at radius 2 is 2.00 bits per heavy atom. The fraction of sp³-hybridized carbons (Fsp3) is 0.105. The summed E-state index contributed by atoms with van der Waals surface area (Å²) in [6, 6.07) is 11.2. The van der Waals surface area contributed by atoms with E-state index < -0.39 is 0 Å². The molecule has 0 spiro atoms. The van der Waals surface area contributed by atoms with Gasteiger partial charge >= 0.3 is 0 Å². The number of nitrogens with one attached hydrogen (secondary N) is 1. The van der Waals surface area contributed by atoms with Gasteiger partial charge in [-0.15, -0.1) is 0 Å². The van der Waals surface area contributed by atoms with Crippen molar-refractivity contribution in [2.45, 2.75) is 12.8 Å². The van der Waals surface area contributed by atoms with Crippen LogP contribution in [0.15, 0.2) is 48.0 Å². The second-order valence-corrected chi connectivity index (χ2v) is 5.76. The van der Waals surface area contributed by atoms with Crippen molar-refractivity contribution in [3.63, 3.8) is 0 Å². The summed E-state index contributed by atoms with van der Waals surface area (Å²) in [7, 11) is 0. The Labute approximate surface area is 132 Å². The minimum absolute atomic E-state index is 0.0774. The van der Waals surface area contributed by atoms with Crippen molar-refractivity contribution in [2.24, 2.45) is 0 Å². The summed E-state index contributed by atoms with van der Waals surface area (Å²) in [5.41, 5.74) is 3.67. The number of phenols is 1. The van der Waals surface area contributed by atoms with E-state index in [2.05, 4.69) is 4.98 Å². The highest BCUT2D eigenvalue weighted by Gasteiger charge is 2.26. The first-order valence-corrected chi connectivity index (χ1v) is 7.46. The number of ketones is 1. The third-order valence-corrected chi connectivity index (χ3v) is 4.21. The second-order valence-electron chi connectivity index (χ2n) is 5.76. The number of allylic oxidation sites excluding steroid dienone is 1. The molecule has 1 aliphatic rings. The van der Waals surface area contributed by atoms with Crippen LogP contribution in [0.2, 0.25) is 0 Å². The molecule has 0 unspecified atom stereocenters. The van der Waals surface area contributed by atoms with Crippen LogP contribution in [0.25, 0.3) is 17.0 Å². The molecule has 4 heteroatoms. The van der Waals surface area contributed by atoms with Crippen LogP contribution in [0.3, 0.4) is 0 Å². The molecule has 3 aromatic rings. The van der Waals surface area contributed by atoms with Gasteiger partial charge in [0.25, 0.3) is 0 Å². The standard InChI is InChI=1S/C19H14FNO2/c20-13-5-7-16-15(10-13)18-17(21-16)6-4-12(19(18)23)8-11-2-1-3-14(22)9-11/h1-3,5,7-10,21-22H,4,6H2/b12-8+. The molecule has 0 amide bonds. The molecule has 2 aromatic carbocycles. The number of Topliss-reactive ketones (excluding diaryl/α,β-unsaturated/α-hetero) is 1. The largest absolute Gasteiger partial charge is 0.508 e. The number of hydrogen-bond donors (Lipinski definition) is 2. The minimum Gasteiger partial charge on any atom is -0.508 e. The van der Waals surface area contributed by atoms with Gasteiger partial charge in [-0.25, -0.2) is 4.39 Å². The van der Waals surface area contributed by atoms with Gasteiger partial charge in [-0.1, -0.05) is 12.1 Å². The second kappa shape index (κ2) is 5.09. The van der Waals surface area contributed by atoms with Crippen LogP contribution in [0.1, 0.15) is 28.0 Å². The normalized spacial score (nSPS) is 16.0. The first-order valence-electron chi connectivity index (χ1n) is 7.46. The number of carbonyl (C=O) groups is 1. The number of aromatic hydroxyl groups is 1. The molecule has 23 heavy (non-hydrogen) atoms. The Kier molecular flexibility index (Phi) is 3.05. The number of aromatic nitrogens is 1. The predicted octanol–water partition coefficient (Wildman–Crippen LogP) is 4.23. The van der Waals surface area contributed by atoms with Crippen molar-refractivity contribution >= 4 is 22.8 Å². The number of hydrogen-bond acceptors (Lipinski definition) is 2. The lowest BCUT2D eigenvalue weighted by Gasteiger charge is -2.14. The molecule has 2 N–H and O–H groups in total. The van der Waals surface area contributed by atoms with E-state index in [0.29, 0.717) is 29.4 Å². The number of fused-ring (bicyclic) bond motifs is 3. The molecule has 114 valence electrons. The van der Waals surface area contributed by atoms with E-state index in [0.717, 1.165) is 16.8 Å². The Morgan fingerprint density at radius 1 is 1.13 bits per heavy atom. The summed E-state index contributed by atoms with van der Waals surface area (Å²) in [6.45, 7) is 0. The zero-order valence-electron chi connectivity index (χ0n) is 12.3. The van der Waals surface area contributed by atoms with Gasteiger partial charge in [-0.2, -0.15) is 0 Å². The van der Waals surface area contributed by atoms with Gasteiger partial charge < -0.3 is 10.1 Å². The number of rotatable bonds is 1. The van der Waals surface area contributed by atoms with Gasteiger partial charge in [0.15, 0.2) is 5.78 Å². The van der Waals surface area contributed by atoms with E-state index >= 15 is 0 Å². The maximum atomic E-state index is 13.5. The van der Waals surface area contributed by atoms with E-state index in [1.54, 1.807) is 30.3 Å². The van der Waals surface area contributed by atoms with Gasteiger partial charge in [0.2, 0.25) is 0 Å². The number of halogens is 1. The molecular weight excluding hydrogens is 293 g/mol. The maximum Gasteiger partial charge on any atom is 0.191 e. The van der Waals surface area contributed by atoms with Crippen molar-refractivity contribution < 1.29 is 14.3 Å². The van der Waals surface area contributed by atoms with Gasteiger partial charge in [-0.3, -0.25) is 4.79 Å². The number of aromatic amines is 1. The summed E-state index contributed by atoms with van der Waals surface area (Å²) < 4.78 is 13.5. The first-order chi connectivity index (χ1) is 11.1. The zero-order chi connectivity index (χ0) is 16.0. The van der Waals surface area contributed by atoms with Gasteiger partial charge in [0, 0.05) is 22.2 Å². The highest BCUT2D eigenvalue weighted by Crippen LogP contribution is 2.32. The fourth-order valence-electron chi connectivity index (χ4n) is 3.15. The van der Waals surface area contributed by atoms with E-state index in [1.807, 2.05) is 6.07 Å². The Morgan fingerprint density at radius 3 is 2.83 bits per heavy atom. The average molecular weight is 307 g/mol. The van der Waals surface area contributed by atoms with Crippen molar-refractivity contribution in [2.75, 3.05) is 0 Å². The number of phenolic OH excluding ortho intramolecular Hbond substituents is 1. The molecule has 1 aromatic heterocycles. The lowest BCUT2D eigenvalue weighted by Crippen LogP contribution is -2.13. The fourth-order valence-corrected chi connectivity index (χ4v) is 3.15. The molecule has 0 aliphatic heterocycles. The molecule has 3 nitrogen and oxygen atoms in total. The molecule has 0 saturated heterocycles. The predicted molar refractivity (Wildman–Crippen MR) is 87.0 cm³/mol. The quantitative estimate of drug-likeness (QED) is 0.661. The van der Waals surface area contributed by atoms with Crippen molar-refractivity contribution in [1.29, 1.82) is 0 Å². The SMILES string of the molecule is O=C1/C(=C/c2cccc(O)c2)CCc2[nH]c3ccc(F)cc3c21. The summed E-state index contributed by atoms with van der Waals surface area (Å²) in [4.78, 5) is 16.0. The molecule has 1 aliphatic carbocycles. The third kappa shape index (κ3) is 2.32. The van der Waals surface area contributed by atoms with Gasteiger partial charge in [-0.05, 0) is 54.8 Å². The molecular formula is C19H14FNO2. The highest BCUT2D eigenvalue weighted by molar-refractivity contribution is 6.19. The van der Waals surface area contributed by atoms with E-state index in [4.69, 9.17) is 0 Å². The molecule has 0 atom stereocenters. The first kappa shape index (κ1) is 13.8. The monoisotopic (exact) mass is 307 g/mol. The Bertz CT molecular complexity index is 969. The van der Waals surface area contributed by atoms with Crippen LogP contribution < -0.4 is 0 Å². The van der Waals surface area contributed by atoms with E-state index in [9.17, 15) is 14.3 Å². The summed E-state index contributed by atoms with van der Waals surface area (Å²) >= 11 is 0. The summed E-state index contributed by atoms with van der Waals surface area (Å²) in [5.74, 6) is -0.264. The summed E-state index contributed by atoms with van der Waals surface area (Å²) in [6.07, 6.45) is 3.13. The number of aryl methyl sites for hydroxylation is 1. The van der Waals surface area contributed by atoms with Crippen molar-refractivity contribution in [3.8, 4) is 5.75 Å². The van der Waals surface area contributed by atoms with Gasteiger partial charge in [0.05, 0.1) is 5.56 Å². The maximum absolute atomic E-state index is 13.5. The molecule has 0 radical (unpaired) electrons. The number of H-pyrrole nitrogens is 1. The van der Waals surface area contributed by atoms with Crippen molar-refractivity contribution in [3.05, 3.63) is 70.7 Å². The zero-order valence-corrected chi connectivity index (χ0v) is 12.3.